The van der Waals surface area contributed by atoms with Gasteiger partial charge in [0.25, 0.3) is 0 Å². The second-order valence-corrected chi connectivity index (χ2v) is 8.48. The number of ether oxygens (including phenoxy) is 2. The molecule has 0 saturated carbocycles. The molecule has 0 unspecified atom stereocenters. The molecular formula is C23H26ClNO5. The highest BCUT2D eigenvalue weighted by molar-refractivity contribution is 6.30. The van der Waals surface area contributed by atoms with E-state index in [1.165, 1.54) is 7.11 Å². The summed E-state index contributed by atoms with van der Waals surface area (Å²) >= 11 is 6.06. The molecule has 160 valence electrons. The zero-order chi connectivity index (χ0) is 22.2. The molecule has 3 atom stereocenters. The van der Waals surface area contributed by atoms with Crippen molar-refractivity contribution in [2.24, 2.45) is 11.8 Å². The number of dihydropyridines is 1. The van der Waals surface area contributed by atoms with Crippen molar-refractivity contribution in [2.75, 3.05) is 7.11 Å². The molecule has 0 saturated heterocycles. The van der Waals surface area contributed by atoms with Crippen LogP contribution in [0.15, 0.2) is 46.8 Å². The lowest BCUT2D eigenvalue weighted by Crippen LogP contribution is -2.43. The molecule has 1 aromatic rings. The highest BCUT2D eigenvalue weighted by Crippen LogP contribution is 2.45. The molecule has 6 nitrogen and oxygen atoms in total. The summed E-state index contributed by atoms with van der Waals surface area (Å²) in [6, 6.07) is 7.01. The molecule has 2 aliphatic rings. The van der Waals surface area contributed by atoms with E-state index in [9.17, 15) is 14.4 Å². The fourth-order valence-corrected chi connectivity index (χ4v) is 4.34. The van der Waals surface area contributed by atoms with Gasteiger partial charge in [-0.25, -0.2) is 4.79 Å². The Labute approximate surface area is 181 Å². The van der Waals surface area contributed by atoms with Crippen LogP contribution in [0.1, 0.15) is 45.6 Å². The molecule has 0 spiro atoms. The maximum atomic E-state index is 13.5. The number of nitrogens with one attached hydrogen (secondary N) is 1. The maximum Gasteiger partial charge on any atom is 0.337 e. The van der Waals surface area contributed by atoms with Gasteiger partial charge in [0.15, 0.2) is 5.78 Å². The zero-order valence-corrected chi connectivity index (χ0v) is 18.5. The molecule has 1 aromatic carbocycles. The summed E-state index contributed by atoms with van der Waals surface area (Å²) in [5.41, 5.74) is 2.86. The van der Waals surface area contributed by atoms with Gasteiger partial charge in [-0.1, -0.05) is 30.7 Å². The summed E-state index contributed by atoms with van der Waals surface area (Å²) in [5, 5.41) is 3.78. The highest BCUT2D eigenvalue weighted by Gasteiger charge is 2.47. The third-order valence-electron chi connectivity index (χ3n) is 5.51. The molecule has 1 aliphatic heterocycles. The Morgan fingerprint density at radius 3 is 2.40 bits per heavy atom. The SMILES string of the molecule is COC(=O)[C@H]1C(=O)C2=C(C[C@H]1C)NC(C)=C(C(=O)OC(C)C)[C@H]2c1ccc(Cl)cc1. The number of Topliss-reactive ketones (excluding diaryl/α,β-unsaturated/α-hetero) is 1. The summed E-state index contributed by atoms with van der Waals surface area (Å²) in [6.07, 6.45) is 0.179. The van der Waals surface area contributed by atoms with E-state index in [0.29, 0.717) is 28.3 Å². The number of halogens is 1. The average molecular weight is 432 g/mol. The minimum absolute atomic E-state index is 0.223. The van der Waals surface area contributed by atoms with Gasteiger partial charge in [0, 0.05) is 27.9 Å². The number of ketones is 1. The Hall–Kier alpha value is -2.60. The van der Waals surface area contributed by atoms with E-state index in [2.05, 4.69) is 5.32 Å². The van der Waals surface area contributed by atoms with Crippen molar-refractivity contribution in [3.8, 4) is 0 Å². The predicted molar refractivity (Wildman–Crippen MR) is 113 cm³/mol. The molecule has 1 aliphatic carbocycles. The maximum absolute atomic E-state index is 13.5. The van der Waals surface area contributed by atoms with E-state index in [1.54, 1.807) is 45.0 Å². The average Bonchev–Trinajstić information content (AvgIpc) is 2.66. The van der Waals surface area contributed by atoms with Gasteiger partial charge in [0.05, 0.1) is 18.8 Å². The van der Waals surface area contributed by atoms with Crippen LogP contribution in [-0.4, -0.2) is 30.9 Å². The summed E-state index contributed by atoms with van der Waals surface area (Å²) in [4.78, 5) is 38.9. The van der Waals surface area contributed by atoms with Gasteiger partial charge in [-0.3, -0.25) is 9.59 Å². The van der Waals surface area contributed by atoms with Crippen LogP contribution in [0.2, 0.25) is 5.02 Å². The molecule has 1 N–H and O–H groups in total. The number of allylic oxidation sites excluding steroid dienone is 3. The van der Waals surface area contributed by atoms with Gasteiger partial charge < -0.3 is 14.8 Å². The monoisotopic (exact) mass is 431 g/mol. The van der Waals surface area contributed by atoms with Gasteiger partial charge in [-0.05, 0) is 50.8 Å². The first-order valence-corrected chi connectivity index (χ1v) is 10.3. The van der Waals surface area contributed by atoms with Crippen molar-refractivity contribution in [1.82, 2.24) is 5.32 Å². The Balaban J connectivity index is 2.17. The molecule has 7 heteroatoms. The van der Waals surface area contributed by atoms with E-state index in [1.807, 2.05) is 6.92 Å². The summed E-state index contributed by atoms with van der Waals surface area (Å²) in [6.45, 7) is 7.19. The standard InChI is InChI=1S/C23H26ClNO5/c1-11(2)30-23(28)18-13(4)25-16-10-12(3)17(22(27)29-5)21(26)20(16)19(18)14-6-8-15(24)9-7-14/h6-9,11-12,17,19,25H,10H2,1-5H3/t12-,17-,19-/m1/s1. The Morgan fingerprint density at radius 2 is 1.83 bits per heavy atom. The minimum Gasteiger partial charge on any atom is -0.468 e. The summed E-state index contributed by atoms with van der Waals surface area (Å²) in [5.74, 6) is -3.18. The molecule has 0 radical (unpaired) electrons. The van der Waals surface area contributed by atoms with Crippen molar-refractivity contribution in [2.45, 2.75) is 46.1 Å². The molecule has 0 fully saturated rings. The van der Waals surface area contributed by atoms with Gasteiger partial charge in [0.2, 0.25) is 0 Å². The predicted octanol–water partition coefficient (Wildman–Crippen LogP) is 3.90. The second kappa shape index (κ2) is 8.64. The van der Waals surface area contributed by atoms with Crippen LogP contribution in [0.3, 0.4) is 0 Å². The number of carbonyl (C=O) groups is 3. The quantitative estimate of drug-likeness (QED) is 0.575. The van der Waals surface area contributed by atoms with E-state index >= 15 is 0 Å². The number of hydrogen-bond donors (Lipinski definition) is 1. The molecule has 0 aromatic heterocycles. The topological polar surface area (TPSA) is 81.7 Å². The number of hydrogen-bond acceptors (Lipinski definition) is 6. The molecule has 1 heterocycles. The Morgan fingerprint density at radius 1 is 1.20 bits per heavy atom. The van der Waals surface area contributed by atoms with Gasteiger partial charge >= 0.3 is 11.9 Å². The van der Waals surface area contributed by atoms with Crippen molar-refractivity contribution in [3.05, 3.63) is 57.4 Å². The molecule has 0 bridgehead atoms. The van der Waals surface area contributed by atoms with Crippen LogP contribution in [0.4, 0.5) is 0 Å². The zero-order valence-electron chi connectivity index (χ0n) is 17.7. The smallest absolute Gasteiger partial charge is 0.337 e. The van der Waals surface area contributed by atoms with E-state index in [0.717, 1.165) is 11.3 Å². The van der Waals surface area contributed by atoms with Crippen LogP contribution in [0.5, 0.6) is 0 Å². The number of esters is 2. The van der Waals surface area contributed by atoms with Gasteiger partial charge in [-0.15, -0.1) is 0 Å². The van der Waals surface area contributed by atoms with E-state index in [-0.39, 0.29) is 17.8 Å². The van der Waals surface area contributed by atoms with E-state index < -0.39 is 23.8 Å². The fraction of sp³-hybridized carbons (Fsp3) is 0.435. The number of methoxy groups -OCH3 is 1. The Bertz CT molecular complexity index is 945. The first-order chi connectivity index (χ1) is 14.1. The first kappa shape index (κ1) is 22.1. The molecule has 30 heavy (non-hydrogen) atoms. The summed E-state index contributed by atoms with van der Waals surface area (Å²) < 4.78 is 10.4. The molecular weight excluding hydrogens is 406 g/mol. The van der Waals surface area contributed by atoms with Gasteiger partial charge in [-0.2, -0.15) is 0 Å². The second-order valence-electron chi connectivity index (χ2n) is 8.04. The van der Waals surface area contributed by atoms with Crippen molar-refractivity contribution < 1.29 is 23.9 Å². The van der Waals surface area contributed by atoms with Gasteiger partial charge in [0.1, 0.15) is 5.92 Å². The largest absolute Gasteiger partial charge is 0.468 e. The van der Waals surface area contributed by atoms with Crippen molar-refractivity contribution in [3.63, 3.8) is 0 Å². The fourth-order valence-electron chi connectivity index (χ4n) is 4.22. The lowest BCUT2D eigenvalue weighted by molar-refractivity contribution is -0.151. The first-order valence-electron chi connectivity index (χ1n) is 9.95. The van der Waals surface area contributed by atoms with Crippen LogP contribution in [0, 0.1) is 11.8 Å². The highest BCUT2D eigenvalue weighted by atomic mass is 35.5. The van der Waals surface area contributed by atoms with Crippen LogP contribution >= 0.6 is 11.6 Å². The normalized spacial score (nSPS) is 23.8. The number of rotatable bonds is 4. The van der Waals surface area contributed by atoms with Crippen LogP contribution in [0.25, 0.3) is 0 Å². The number of carbonyl (C=O) groups excluding carboxylic acids is 3. The Kier molecular flexibility index (Phi) is 6.36. The van der Waals surface area contributed by atoms with Crippen molar-refractivity contribution >= 4 is 29.3 Å². The van der Waals surface area contributed by atoms with Crippen LogP contribution in [-0.2, 0) is 23.9 Å². The summed E-state index contributed by atoms with van der Waals surface area (Å²) in [7, 11) is 1.28. The van der Waals surface area contributed by atoms with Crippen LogP contribution < -0.4 is 5.32 Å². The molecule has 0 amide bonds. The van der Waals surface area contributed by atoms with Crippen molar-refractivity contribution in [1.29, 1.82) is 0 Å². The minimum atomic E-state index is -0.911. The van der Waals surface area contributed by atoms with E-state index in [4.69, 9.17) is 21.1 Å². The lowest BCUT2D eigenvalue weighted by Gasteiger charge is -2.38. The number of benzene rings is 1. The molecule has 3 rings (SSSR count). The lowest BCUT2D eigenvalue weighted by atomic mass is 9.69. The third-order valence-corrected chi connectivity index (χ3v) is 5.76. The third kappa shape index (κ3) is 4.01.